The molecule has 1 aliphatic heterocycles. The van der Waals surface area contributed by atoms with Crippen LogP contribution in [0.5, 0.6) is 11.5 Å². The van der Waals surface area contributed by atoms with Gasteiger partial charge in [0.15, 0.2) is 11.5 Å². The molecule has 5 nitrogen and oxygen atoms in total. The number of unbranched alkanes of at least 4 members (excludes halogenated alkanes) is 1. The number of amides is 1. The minimum absolute atomic E-state index is 0.0377. The molecule has 5 heteroatoms. The highest BCUT2D eigenvalue weighted by atomic mass is 16.5. The molecule has 1 amide bonds. The van der Waals surface area contributed by atoms with Crippen molar-refractivity contribution in [3.63, 3.8) is 0 Å². The van der Waals surface area contributed by atoms with Gasteiger partial charge in [0.2, 0.25) is 5.91 Å². The number of hydrogen-bond acceptors (Lipinski definition) is 4. The van der Waals surface area contributed by atoms with Crippen LogP contribution in [-0.2, 0) is 11.2 Å². The van der Waals surface area contributed by atoms with Gasteiger partial charge in [-0.05, 0) is 18.6 Å². The Bertz CT molecular complexity index is 488. The zero-order chi connectivity index (χ0) is 14.5. The zero-order valence-corrected chi connectivity index (χ0v) is 12.3. The fourth-order valence-electron chi connectivity index (χ4n) is 2.44. The molecule has 0 saturated carbocycles. The topological polar surface area (TPSA) is 59.6 Å². The largest absolute Gasteiger partial charge is 0.493 e. The molecular formula is C15H22N2O3. The second-order valence-electron chi connectivity index (χ2n) is 4.87. The summed E-state index contributed by atoms with van der Waals surface area (Å²) in [5.41, 5.74) is 1.95. The van der Waals surface area contributed by atoms with Crippen molar-refractivity contribution in [2.24, 2.45) is 0 Å². The molecule has 0 bridgehead atoms. The fraction of sp³-hybridized carbons (Fsp3) is 0.533. The molecule has 2 rings (SSSR count). The lowest BCUT2D eigenvalue weighted by atomic mass is 10.1. The molecule has 20 heavy (non-hydrogen) atoms. The van der Waals surface area contributed by atoms with Gasteiger partial charge in [-0.2, -0.15) is 0 Å². The molecule has 1 aliphatic rings. The molecular weight excluding hydrogens is 256 g/mol. The summed E-state index contributed by atoms with van der Waals surface area (Å²) in [6, 6.07) is 3.54. The third kappa shape index (κ3) is 2.81. The summed E-state index contributed by atoms with van der Waals surface area (Å²) in [4.78, 5) is 12.1. The Morgan fingerprint density at radius 2 is 2.20 bits per heavy atom. The molecule has 1 aromatic rings. The fourth-order valence-corrected chi connectivity index (χ4v) is 2.44. The van der Waals surface area contributed by atoms with E-state index in [1.807, 2.05) is 12.1 Å². The van der Waals surface area contributed by atoms with E-state index in [1.54, 1.807) is 14.2 Å². The van der Waals surface area contributed by atoms with E-state index in [0.29, 0.717) is 17.9 Å². The number of methoxy groups -OCH3 is 2. The number of anilines is 1. The van der Waals surface area contributed by atoms with E-state index in [2.05, 4.69) is 17.6 Å². The van der Waals surface area contributed by atoms with E-state index in [9.17, 15) is 4.79 Å². The van der Waals surface area contributed by atoms with E-state index in [-0.39, 0.29) is 11.9 Å². The normalized spacial score (nSPS) is 16.2. The first-order valence-corrected chi connectivity index (χ1v) is 6.99. The number of carbonyl (C=O) groups is 1. The summed E-state index contributed by atoms with van der Waals surface area (Å²) >= 11 is 0. The average Bonchev–Trinajstić information content (AvgIpc) is 2.90. The number of fused-ring (bicyclic) bond motifs is 1. The molecule has 110 valence electrons. The van der Waals surface area contributed by atoms with Crippen molar-refractivity contribution in [3.8, 4) is 11.5 Å². The van der Waals surface area contributed by atoms with Gasteiger partial charge in [-0.15, -0.1) is 0 Å². The van der Waals surface area contributed by atoms with Gasteiger partial charge < -0.3 is 20.1 Å². The smallest absolute Gasteiger partial charge is 0.242 e. The van der Waals surface area contributed by atoms with Crippen LogP contribution < -0.4 is 20.1 Å². The van der Waals surface area contributed by atoms with Gasteiger partial charge in [0.1, 0.15) is 6.04 Å². The van der Waals surface area contributed by atoms with Crippen molar-refractivity contribution >= 4 is 11.6 Å². The van der Waals surface area contributed by atoms with Crippen LogP contribution in [-0.4, -0.2) is 32.7 Å². The van der Waals surface area contributed by atoms with Crippen molar-refractivity contribution in [3.05, 3.63) is 17.7 Å². The summed E-state index contributed by atoms with van der Waals surface area (Å²) in [5.74, 6) is 1.44. The van der Waals surface area contributed by atoms with E-state index in [1.165, 1.54) is 0 Å². The maximum absolute atomic E-state index is 12.1. The van der Waals surface area contributed by atoms with Crippen LogP contribution in [0.25, 0.3) is 0 Å². The van der Waals surface area contributed by atoms with Crippen molar-refractivity contribution in [2.75, 3.05) is 26.1 Å². The summed E-state index contributed by atoms with van der Waals surface area (Å²) in [7, 11) is 3.23. The number of benzene rings is 1. The maximum Gasteiger partial charge on any atom is 0.242 e. The number of nitrogens with one attached hydrogen (secondary N) is 2. The van der Waals surface area contributed by atoms with Crippen LogP contribution in [0.15, 0.2) is 12.1 Å². The highest BCUT2D eigenvalue weighted by Gasteiger charge is 2.30. The quantitative estimate of drug-likeness (QED) is 0.781. The summed E-state index contributed by atoms with van der Waals surface area (Å²) in [6.07, 6.45) is 2.69. The molecule has 2 N–H and O–H groups in total. The van der Waals surface area contributed by atoms with Crippen LogP contribution in [0, 0.1) is 0 Å². The average molecular weight is 278 g/mol. The van der Waals surface area contributed by atoms with Crippen molar-refractivity contribution in [2.45, 2.75) is 32.2 Å². The number of carbonyl (C=O) groups excluding carboxylic acids is 1. The SMILES string of the molecule is CCCCNC(=O)[C@H]1Cc2c(ccc(OC)c2OC)N1. The Labute approximate surface area is 119 Å². The molecule has 0 fully saturated rings. The second kappa shape index (κ2) is 6.50. The van der Waals surface area contributed by atoms with Crippen LogP contribution in [0.1, 0.15) is 25.3 Å². The zero-order valence-electron chi connectivity index (χ0n) is 12.3. The van der Waals surface area contributed by atoms with Crippen molar-refractivity contribution < 1.29 is 14.3 Å². The summed E-state index contributed by atoms with van der Waals surface area (Å²) in [6.45, 7) is 2.83. The van der Waals surface area contributed by atoms with E-state index in [4.69, 9.17) is 9.47 Å². The highest BCUT2D eigenvalue weighted by molar-refractivity contribution is 5.88. The Morgan fingerprint density at radius 1 is 1.40 bits per heavy atom. The monoisotopic (exact) mass is 278 g/mol. The Kier molecular flexibility index (Phi) is 4.71. The predicted molar refractivity (Wildman–Crippen MR) is 78.6 cm³/mol. The summed E-state index contributed by atoms with van der Waals surface area (Å²) < 4.78 is 10.7. The van der Waals surface area contributed by atoms with Crippen LogP contribution in [0.3, 0.4) is 0 Å². The second-order valence-corrected chi connectivity index (χ2v) is 4.87. The standard InChI is InChI=1S/C15H22N2O3/c1-4-5-8-16-15(18)12-9-10-11(17-12)6-7-13(19-2)14(10)20-3/h6-7,12,17H,4-5,8-9H2,1-3H3,(H,16,18)/t12-/m1/s1. The molecule has 0 spiro atoms. The van der Waals surface area contributed by atoms with Gasteiger partial charge in [0.25, 0.3) is 0 Å². The predicted octanol–water partition coefficient (Wildman–Crippen LogP) is 1.96. The molecule has 0 aromatic heterocycles. The minimum Gasteiger partial charge on any atom is -0.493 e. The van der Waals surface area contributed by atoms with E-state index in [0.717, 1.165) is 30.6 Å². The number of ether oxygens (including phenoxy) is 2. The molecule has 1 aromatic carbocycles. The van der Waals surface area contributed by atoms with Gasteiger partial charge in [-0.25, -0.2) is 0 Å². The van der Waals surface area contributed by atoms with Gasteiger partial charge in [0.05, 0.1) is 14.2 Å². The highest BCUT2D eigenvalue weighted by Crippen LogP contribution is 2.40. The van der Waals surface area contributed by atoms with Gasteiger partial charge in [-0.1, -0.05) is 13.3 Å². The van der Waals surface area contributed by atoms with Gasteiger partial charge >= 0.3 is 0 Å². The Hall–Kier alpha value is -1.91. The molecule has 0 saturated heterocycles. The summed E-state index contributed by atoms with van der Waals surface area (Å²) in [5, 5.41) is 6.19. The number of hydrogen-bond donors (Lipinski definition) is 2. The van der Waals surface area contributed by atoms with Crippen LogP contribution in [0.4, 0.5) is 5.69 Å². The van der Waals surface area contributed by atoms with Gasteiger partial charge in [0, 0.05) is 24.2 Å². The molecule has 1 atom stereocenters. The van der Waals surface area contributed by atoms with Gasteiger partial charge in [-0.3, -0.25) is 4.79 Å². The van der Waals surface area contributed by atoms with Crippen molar-refractivity contribution in [1.82, 2.24) is 5.32 Å². The number of rotatable bonds is 6. The lowest BCUT2D eigenvalue weighted by molar-refractivity contribution is -0.121. The first kappa shape index (κ1) is 14.5. The third-order valence-corrected chi connectivity index (χ3v) is 3.53. The maximum atomic E-state index is 12.1. The lowest BCUT2D eigenvalue weighted by Gasteiger charge is -2.11. The first-order chi connectivity index (χ1) is 9.71. The van der Waals surface area contributed by atoms with Crippen LogP contribution >= 0.6 is 0 Å². The molecule has 0 unspecified atom stereocenters. The van der Waals surface area contributed by atoms with E-state index >= 15 is 0 Å². The van der Waals surface area contributed by atoms with Crippen LogP contribution in [0.2, 0.25) is 0 Å². The molecule has 1 heterocycles. The lowest BCUT2D eigenvalue weighted by Crippen LogP contribution is -2.38. The molecule has 0 radical (unpaired) electrons. The third-order valence-electron chi connectivity index (χ3n) is 3.53. The Balaban J connectivity index is 2.09. The first-order valence-electron chi connectivity index (χ1n) is 6.99. The van der Waals surface area contributed by atoms with Crippen molar-refractivity contribution in [1.29, 1.82) is 0 Å². The Morgan fingerprint density at radius 3 is 2.85 bits per heavy atom. The minimum atomic E-state index is -0.233. The molecule has 0 aliphatic carbocycles. The van der Waals surface area contributed by atoms with E-state index < -0.39 is 0 Å².